The maximum atomic E-state index is 13.0. The molecule has 1 amide bonds. The smallest absolute Gasteiger partial charge is 0.243 e. The first-order valence-electron chi connectivity index (χ1n) is 7.99. The van der Waals surface area contributed by atoms with Gasteiger partial charge in [-0.1, -0.05) is 30.9 Å². The molecule has 0 unspecified atom stereocenters. The van der Waals surface area contributed by atoms with Crippen molar-refractivity contribution in [1.82, 2.24) is 9.62 Å². The molecule has 23 heavy (non-hydrogen) atoms. The van der Waals surface area contributed by atoms with E-state index >= 15 is 0 Å². The Morgan fingerprint density at radius 3 is 2.39 bits per heavy atom. The number of benzene rings is 1. The summed E-state index contributed by atoms with van der Waals surface area (Å²) in [5, 5.41) is 3.16. The number of likely N-dealkylation sites (N-methyl/N-ethyl adjacent to an activating group) is 1. The number of amides is 1. The van der Waals surface area contributed by atoms with Crippen LogP contribution < -0.4 is 5.32 Å². The second-order valence-electron chi connectivity index (χ2n) is 5.75. The molecule has 1 N–H and O–H groups in total. The minimum Gasteiger partial charge on any atom is -0.355 e. The lowest BCUT2D eigenvalue weighted by molar-refractivity contribution is -0.121. The zero-order valence-corrected chi connectivity index (χ0v) is 14.9. The van der Waals surface area contributed by atoms with Gasteiger partial charge in [0.05, 0.1) is 11.4 Å². The van der Waals surface area contributed by atoms with Gasteiger partial charge in [0.2, 0.25) is 15.9 Å². The highest BCUT2D eigenvalue weighted by molar-refractivity contribution is 7.89. The molecule has 0 radical (unpaired) electrons. The van der Waals surface area contributed by atoms with E-state index in [0.29, 0.717) is 11.6 Å². The van der Waals surface area contributed by atoms with Crippen LogP contribution in [0.15, 0.2) is 29.2 Å². The fourth-order valence-corrected chi connectivity index (χ4v) is 4.68. The summed E-state index contributed by atoms with van der Waals surface area (Å²) in [6.45, 7) is 2.17. The lowest BCUT2D eigenvalue weighted by Gasteiger charge is -2.33. The molecular formula is C16H23ClN2O3S. The summed E-state index contributed by atoms with van der Waals surface area (Å²) in [6, 6.07) is 5.97. The lowest BCUT2D eigenvalue weighted by atomic mass is 9.95. The summed E-state index contributed by atoms with van der Waals surface area (Å²) in [5.41, 5.74) is 0. The summed E-state index contributed by atoms with van der Waals surface area (Å²) in [6.07, 6.45) is 4.70. The van der Waals surface area contributed by atoms with Crippen LogP contribution in [-0.2, 0) is 14.8 Å². The van der Waals surface area contributed by atoms with Crippen LogP contribution in [0.25, 0.3) is 0 Å². The Hall–Kier alpha value is -1.11. The van der Waals surface area contributed by atoms with Gasteiger partial charge >= 0.3 is 0 Å². The van der Waals surface area contributed by atoms with Crippen molar-refractivity contribution < 1.29 is 13.2 Å². The molecule has 0 saturated heterocycles. The number of sulfonamides is 1. The van der Waals surface area contributed by atoms with E-state index in [1.165, 1.54) is 16.4 Å². The first-order chi connectivity index (χ1) is 10.9. The fourth-order valence-electron chi connectivity index (χ4n) is 2.92. The van der Waals surface area contributed by atoms with E-state index in [9.17, 15) is 13.2 Å². The average molecular weight is 359 g/mol. The molecule has 1 saturated carbocycles. The number of carbonyl (C=O) groups excluding carboxylic acids is 1. The van der Waals surface area contributed by atoms with E-state index in [4.69, 9.17) is 11.6 Å². The predicted molar refractivity (Wildman–Crippen MR) is 90.9 cm³/mol. The highest BCUT2D eigenvalue weighted by Gasteiger charge is 2.33. The molecular weight excluding hydrogens is 336 g/mol. The van der Waals surface area contributed by atoms with Crippen LogP contribution in [0.5, 0.6) is 0 Å². The number of nitrogens with one attached hydrogen (secondary N) is 1. The number of halogens is 1. The highest BCUT2D eigenvalue weighted by atomic mass is 35.5. The Kier molecular flexibility index (Phi) is 6.44. The molecule has 2 rings (SSSR count). The van der Waals surface area contributed by atoms with E-state index in [-0.39, 0.29) is 23.4 Å². The van der Waals surface area contributed by atoms with Crippen molar-refractivity contribution in [2.45, 2.75) is 50.0 Å². The van der Waals surface area contributed by atoms with Crippen LogP contribution in [-0.4, -0.2) is 37.8 Å². The van der Waals surface area contributed by atoms with Crippen molar-refractivity contribution >= 4 is 27.5 Å². The van der Waals surface area contributed by atoms with E-state index in [2.05, 4.69) is 5.32 Å². The van der Waals surface area contributed by atoms with Crippen LogP contribution in [0.3, 0.4) is 0 Å². The summed E-state index contributed by atoms with van der Waals surface area (Å²) in [4.78, 5) is 12.2. The van der Waals surface area contributed by atoms with Gasteiger partial charge in [-0.3, -0.25) is 4.79 Å². The second kappa shape index (κ2) is 8.13. The number of carbonyl (C=O) groups is 1. The van der Waals surface area contributed by atoms with Crippen LogP contribution in [0.1, 0.15) is 39.0 Å². The molecule has 1 aromatic carbocycles. The van der Waals surface area contributed by atoms with E-state index in [0.717, 1.165) is 32.1 Å². The van der Waals surface area contributed by atoms with Gasteiger partial charge in [-0.15, -0.1) is 0 Å². The Morgan fingerprint density at radius 1 is 1.22 bits per heavy atom. The van der Waals surface area contributed by atoms with Crippen molar-refractivity contribution in [2.24, 2.45) is 0 Å². The average Bonchev–Trinajstić information content (AvgIpc) is 2.54. The van der Waals surface area contributed by atoms with Crippen molar-refractivity contribution in [3.05, 3.63) is 29.3 Å². The molecule has 0 aliphatic heterocycles. The molecule has 128 valence electrons. The largest absolute Gasteiger partial charge is 0.355 e. The minimum absolute atomic E-state index is 0.118. The number of nitrogens with zero attached hydrogens (tertiary/aromatic N) is 1. The van der Waals surface area contributed by atoms with Crippen molar-refractivity contribution in [1.29, 1.82) is 0 Å². The van der Waals surface area contributed by atoms with Gasteiger partial charge in [0.25, 0.3) is 0 Å². The molecule has 0 spiro atoms. The lowest BCUT2D eigenvalue weighted by Crippen LogP contribution is -2.47. The zero-order chi connectivity index (χ0) is 16.9. The topological polar surface area (TPSA) is 66.5 Å². The molecule has 0 atom stereocenters. The van der Waals surface area contributed by atoms with E-state index in [1.807, 2.05) is 6.92 Å². The molecule has 0 bridgehead atoms. The number of hydrogen-bond donors (Lipinski definition) is 1. The quantitative estimate of drug-likeness (QED) is 0.850. The SMILES string of the molecule is CCNC(=O)CN(C1CCCCC1)S(=O)(=O)c1ccc(Cl)cc1. The molecule has 0 heterocycles. The Morgan fingerprint density at radius 2 is 1.83 bits per heavy atom. The van der Waals surface area contributed by atoms with E-state index < -0.39 is 10.0 Å². The zero-order valence-electron chi connectivity index (χ0n) is 13.3. The van der Waals surface area contributed by atoms with Gasteiger partial charge < -0.3 is 5.32 Å². The van der Waals surface area contributed by atoms with Crippen LogP contribution in [0.2, 0.25) is 5.02 Å². The molecule has 0 aromatic heterocycles. The van der Waals surface area contributed by atoms with Crippen LogP contribution in [0, 0.1) is 0 Å². The number of rotatable bonds is 6. The predicted octanol–water partition coefficient (Wildman–Crippen LogP) is 2.80. The summed E-state index contributed by atoms with van der Waals surface area (Å²) < 4.78 is 27.3. The molecule has 1 fully saturated rings. The van der Waals surface area contributed by atoms with Crippen molar-refractivity contribution in [3.8, 4) is 0 Å². The third kappa shape index (κ3) is 4.68. The molecule has 7 heteroatoms. The Balaban J connectivity index is 2.30. The van der Waals surface area contributed by atoms with Gasteiger partial charge in [-0.05, 0) is 44.0 Å². The Bertz CT molecular complexity index is 625. The standard InChI is InChI=1S/C16H23ClN2O3S/c1-2-18-16(20)12-19(14-6-4-3-5-7-14)23(21,22)15-10-8-13(17)9-11-15/h8-11,14H,2-7,12H2,1H3,(H,18,20). The Labute approximate surface area is 143 Å². The molecule has 1 aromatic rings. The summed E-state index contributed by atoms with van der Waals surface area (Å²) in [7, 11) is -3.72. The van der Waals surface area contributed by atoms with Gasteiger partial charge in [-0.25, -0.2) is 8.42 Å². The molecule has 5 nitrogen and oxygen atoms in total. The normalized spacial score (nSPS) is 16.5. The van der Waals surface area contributed by atoms with Crippen molar-refractivity contribution in [3.63, 3.8) is 0 Å². The highest BCUT2D eigenvalue weighted by Crippen LogP contribution is 2.28. The maximum Gasteiger partial charge on any atom is 0.243 e. The minimum atomic E-state index is -3.72. The third-order valence-corrected chi connectivity index (χ3v) is 6.24. The monoisotopic (exact) mass is 358 g/mol. The first-order valence-corrected chi connectivity index (χ1v) is 9.81. The van der Waals surface area contributed by atoms with Gasteiger partial charge in [0.1, 0.15) is 0 Å². The van der Waals surface area contributed by atoms with Crippen LogP contribution in [0.4, 0.5) is 0 Å². The third-order valence-electron chi connectivity index (χ3n) is 4.08. The first kappa shape index (κ1) is 18.2. The van der Waals surface area contributed by atoms with E-state index in [1.54, 1.807) is 12.1 Å². The molecule has 1 aliphatic rings. The number of hydrogen-bond acceptors (Lipinski definition) is 3. The van der Waals surface area contributed by atoms with Gasteiger partial charge in [-0.2, -0.15) is 4.31 Å². The van der Waals surface area contributed by atoms with Gasteiger partial charge in [0, 0.05) is 17.6 Å². The maximum absolute atomic E-state index is 13.0. The fraction of sp³-hybridized carbons (Fsp3) is 0.562. The van der Waals surface area contributed by atoms with Crippen LogP contribution >= 0.6 is 11.6 Å². The van der Waals surface area contributed by atoms with Crippen molar-refractivity contribution in [2.75, 3.05) is 13.1 Å². The summed E-state index contributed by atoms with van der Waals surface area (Å²) >= 11 is 5.84. The molecule has 1 aliphatic carbocycles. The second-order valence-corrected chi connectivity index (χ2v) is 8.08. The summed E-state index contributed by atoms with van der Waals surface area (Å²) in [5.74, 6) is -0.268. The van der Waals surface area contributed by atoms with Gasteiger partial charge in [0.15, 0.2) is 0 Å².